The highest BCUT2D eigenvalue weighted by atomic mass is 35.5. The van der Waals surface area contributed by atoms with Crippen molar-refractivity contribution in [2.45, 2.75) is 37.2 Å². The summed E-state index contributed by atoms with van der Waals surface area (Å²) in [6.45, 7) is 2.69. The van der Waals surface area contributed by atoms with Gasteiger partial charge in [-0.2, -0.15) is 4.31 Å². The molecule has 1 aliphatic heterocycles. The predicted octanol–water partition coefficient (Wildman–Crippen LogP) is 3.92. The van der Waals surface area contributed by atoms with Crippen LogP contribution in [-0.2, 0) is 14.8 Å². The zero-order valence-corrected chi connectivity index (χ0v) is 17.2. The molecule has 1 amide bonds. The second kappa shape index (κ2) is 8.94. The minimum atomic E-state index is -3.55. The average Bonchev–Trinajstić information content (AvgIpc) is 2.70. The van der Waals surface area contributed by atoms with Crippen molar-refractivity contribution < 1.29 is 17.9 Å². The molecule has 2 aromatic carbocycles. The van der Waals surface area contributed by atoms with Gasteiger partial charge >= 0.3 is 0 Å². The molecular weight excluding hydrogens is 400 g/mol. The molecule has 1 heterocycles. The monoisotopic (exact) mass is 422 g/mol. The van der Waals surface area contributed by atoms with E-state index < -0.39 is 16.1 Å². The van der Waals surface area contributed by atoms with Crippen molar-refractivity contribution in [2.75, 3.05) is 18.4 Å². The Morgan fingerprint density at radius 2 is 1.79 bits per heavy atom. The number of piperidine rings is 1. The van der Waals surface area contributed by atoms with Crippen molar-refractivity contribution >= 4 is 33.2 Å². The molecule has 3 rings (SSSR count). The van der Waals surface area contributed by atoms with E-state index in [-0.39, 0.29) is 10.8 Å². The molecule has 0 saturated carbocycles. The molecule has 1 unspecified atom stereocenters. The number of hydrogen-bond acceptors (Lipinski definition) is 4. The van der Waals surface area contributed by atoms with E-state index in [2.05, 4.69) is 5.32 Å². The van der Waals surface area contributed by atoms with Gasteiger partial charge < -0.3 is 10.1 Å². The van der Waals surface area contributed by atoms with Crippen LogP contribution in [0.1, 0.15) is 26.2 Å². The number of carbonyl (C=O) groups is 1. The zero-order chi connectivity index (χ0) is 20.1. The molecule has 6 nitrogen and oxygen atoms in total. The number of amides is 1. The summed E-state index contributed by atoms with van der Waals surface area (Å²) in [5, 5.41) is 3.30. The third kappa shape index (κ3) is 5.04. The van der Waals surface area contributed by atoms with Crippen LogP contribution in [0.4, 0.5) is 5.69 Å². The lowest BCUT2D eigenvalue weighted by molar-refractivity contribution is -0.122. The Kier molecular flexibility index (Phi) is 6.59. The first-order chi connectivity index (χ1) is 13.4. The van der Waals surface area contributed by atoms with E-state index in [4.69, 9.17) is 16.3 Å². The Labute approximate surface area is 170 Å². The molecule has 0 radical (unpaired) electrons. The lowest BCUT2D eigenvalue weighted by Crippen LogP contribution is -2.35. The summed E-state index contributed by atoms with van der Waals surface area (Å²) < 4.78 is 32.7. The minimum Gasteiger partial charge on any atom is -0.481 e. The number of halogens is 1. The second-order valence-corrected chi connectivity index (χ2v) is 9.07. The molecule has 1 atom stereocenters. The van der Waals surface area contributed by atoms with Crippen molar-refractivity contribution in [2.24, 2.45) is 0 Å². The molecule has 150 valence electrons. The third-order valence-electron chi connectivity index (χ3n) is 4.55. The van der Waals surface area contributed by atoms with E-state index in [9.17, 15) is 13.2 Å². The molecule has 8 heteroatoms. The average molecular weight is 423 g/mol. The van der Waals surface area contributed by atoms with Gasteiger partial charge in [-0.1, -0.05) is 24.1 Å². The van der Waals surface area contributed by atoms with Crippen molar-refractivity contribution in [1.29, 1.82) is 0 Å². The maximum Gasteiger partial charge on any atom is 0.265 e. The molecule has 1 N–H and O–H groups in total. The predicted molar refractivity (Wildman–Crippen MR) is 109 cm³/mol. The number of nitrogens with zero attached hydrogens (tertiary/aromatic N) is 1. The molecule has 2 aromatic rings. The molecule has 0 aromatic heterocycles. The number of hydrogen-bond donors (Lipinski definition) is 1. The lowest BCUT2D eigenvalue weighted by atomic mass is 10.2. The second-order valence-electron chi connectivity index (χ2n) is 6.70. The van der Waals surface area contributed by atoms with Gasteiger partial charge in [0.2, 0.25) is 10.0 Å². The Bertz CT molecular complexity index is 925. The Hall–Kier alpha value is -2.09. The van der Waals surface area contributed by atoms with Gasteiger partial charge in [-0.05, 0) is 62.2 Å². The highest BCUT2D eigenvalue weighted by Gasteiger charge is 2.26. The number of ether oxygens (including phenoxy) is 1. The van der Waals surface area contributed by atoms with Crippen LogP contribution in [0.3, 0.4) is 0 Å². The standard InChI is InChI=1S/C20H23ClN2O4S/c1-15(27-18-10-8-16(21)9-11-18)20(24)22-17-6-5-7-19(14-17)28(25,26)23-12-3-2-4-13-23/h5-11,14-15H,2-4,12-13H2,1H3,(H,22,24). The summed E-state index contributed by atoms with van der Waals surface area (Å²) in [7, 11) is -3.55. The zero-order valence-electron chi connectivity index (χ0n) is 15.6. The molecule has 0 spiro atoms. The third-order valence-corrected chi connectivity index (χ3v) is 6.70. The molecule has 28 heavy (non-hydrogen) atoms. The van der Waals surface area contributed by atoms with Crippen LogP contribution in [0.2, 0.25) is 5.02 Å². The van der Waals surface area contributed by atoms with Crippen LogP contribution in [-0.4, -0.2) is 37.8 Å². The summed E-state index contributed by atoms with van der Waals surface area (Å²) in [5.74, 6) is 0.149. The van der Waals surface area contributed by atoms with Gasteiger partial charge in [0.15, 0.2) is 6.10 Å². The number of nitrogens with one attached hydrogen (secondary N) is 1. The van der Waals surface area contributed by atoms with E-state index in [0.717, 1.165) is 19.3 Å². The van der Waals surface area contributed by atoms with Crippen LogP contribution >= 0.6 is 11.6 Å². The van der Waals surface area contributed by atoms with Crippen molar-refractivity contribution in [1.82, 2.24) is 4.31 Å². The Balaban J connectivity index is 1.68. The number of carbonyl (C=O) groups excluding carboxylic acids is 1. The van der Waals surface area contributed by atoms with Crippen molar-refractivity contribution in [3.05, 3.63) is 53.6 Å². The molecule has 1 aliphatic rings. The first-order valence-electron chi connectivity index (χ1n) is 9.19. The minimum absolute atomic E-state index is 0.179. The van der Waals surface area contributed by atoms with Gasteiger partial charge in [0.05, 0.1) is 4.90 Å². The first-order valence-corrected chi connectivity index (χ1v) is 11.0. The summed E-state index contributed by atoms with van der Waals surface area (Å²) in [5.41, 5.74) is 0.412. The fourth-order valence-corrected chi connectivity index (χ4v) is 4.69. The fraction of sp³-hybridized carbons (Fsp3) is 0.350. The van der Waals surface area contributed by atoms with Crippen molar-refractivity contribution in [3.63, 3.8) is 0 Å². The van der Waals surface area contributed by atoms with E-state index in [0.29, 0.717) is 29.5 Å². The van der Waals surface area contributed by atoms with E-state index in [1.54, 1.807) is 49.4 Å². The summed E-state index contributed by atoms with van der Waals surface area (Å²) in [6.07, 6.45) is 2.03. The van der Waals surface area contributed by atoms with E-state index >= 15 is 0 Å². The Morgan fingerprint density at radius 1 is 1.11 bits per heavy atom. The maximum absolute atomic E-state index is 12.8. The molecule has 1 saturated heterocycles. The summed E-state index contributed by atoms with van der Waals surface area (Å²) in [4.78, 5) is 12.6. The van der Waals surface area contributed by atoms with E-state index in [1.807, 2.05) is 0 Å². The number of anilines is 1. The lowest BCUT2D eigenvalue weighted by Gasteiger charge is -2.26. The van der Waals surface area contributed by atoms with Crippen LogP contribution in [0.5, 0.6) is 5.75 Å². The largest absolute Gasteiger partial charge is 0.481 e. The highest BCUT2D eigenvalue weighted by molar-refractivity contribution is 7.89. The topological polar surface area (TPSA) is 75.7 Å². The number of rotatable bonds is 6. The SMILES string of the molecule is CC(Oc1ccc(Cl)cc1)C(=O)Nc1cccc(S(=O)(=O)N2CCCCC2)c1. The van der Waals surface area contributed by atoms with Gasteiger partial charge in [0, 0.05) is 23.8 Å². The molecule has 1 fully saturated rings. The van der Waals surface area contributed by atoms with Crippen molar-refractivity contribution in [3.8, 4) is 5.75 Å². The number of sulfonamides is 1. The van der Waals surface area contributed by atoms with E-state index in [1.165, 1.54) is 10.4 Å². The number of benzene rings is 2. The highest BCUT2D eigenvalue weighted by Crippen LogP contribution is 2.23. The van der Waals surface area contributed by atoms with Gasteiger partial charge in [0.25, 0.3) is 5.91 Å². The van der Waals surface area contributed by atoms with Gasteiger partial charge in [-0.15, -0.1) is 0 Å². The van der Waals surface area contributed by atoms with Crippen LogP contribution in [0.15, 0.2) is 53.4 Å². The smallest absolute Gasteiger partial charge is 0.265 e. The molecular formula is C20H23ClN2O4S. The van der Waals surface area contributed by atoms with Gasteiger partial charge in [-0.3, -0.25) is 4.79 Å². The normalized spacial score (nSPS) is 16.4. The quantitative estimate of drug-likeness (QED) is 0.765. The van der Waals surface area contributed by atoms with Crippen LogP contribution in [0.25, 0.3) is 0 Å². The summed E-state index contributed by atoms with van der Waals surface area (Å²) in [6, 6.07) is 13.0. The first kappa shape index (κ1) is 20.6. The van der Waals surface area contributed by atoms with Gasteiger partial charge in [0.1, 0.15) is 5.75 Å². The fourth-order valence-electron chi connectivity index (χ4n) is 3.00. The van der Waals surface area contributed by atoms with Crippen LogP contribution in [0, 0.1) is 0 Å². The van der Waals surface area contributed by atoms with Gasteiger partial charge in [-0.25, -0.2) is 8.42 Å². The van der Waals surface area contributed by atoms with Crippen LogP contribution < -0.4 is 10.1 Å². The molecule has 0 bridgehead atoms. The maximum atomic E-state index is 12.8. The summed E-state index contributed by atoms with van der Waals surface area (Å²) >= 11 is 5.84. The Morgan fingerprint density at radius 3 is 2.46 bits per heavy atom. The molecule has 0 aliphatic carbocycles.